The van der Waals surface area contributed by atoms with Gasteiger partial charge in [0.15, 0.2) is 5.78 Å². The molecule has 2 heterocycles. The highest BCUT2D eigenvalue weighted by atomic mass is 16.5. The monoisotopic (exact) mass is 893 g/mol. The van der Waals surface area contributed by atoms with E-state index in [9.17, 15) is 35.7 Å². The highest BCUT2D eigenvalue weighted by Gasteiger charge is 2.78. The van der Waals surface area contributed by atoms with Gasteiger partial charge in [-0.25, -0.2) is 0 Å². The number of nitrogens with two attached hydrogens (primary N) is 1. The van der Waals surface area contributed by atoms with Crippen molar-refractivity contribution in [2.45, 2.75) is 184 Å². The molecule has 9 aliphatic rings. The highest BCUT2D eigenvalue weighted by Crippen LogP contribution is 2.76. The fourth-order valence-electron chi connectivity index (χ4n) is 16.8. The maximum absolute atomic E-state index is 15.6. The molecule has 1 spiro atoms. The van der Waals surface area contributed by atoms with Crippen LogP contribution in [0.4, 0.5) is 0 Å². The van der Waals surface area contributed by atoms with Gasteiger partial charge in [0.1, 0.15) is 5.60 Å². The van der Waals surface area contributed by atoms with E-state index in [0.717, 1.165) is 37.7 Å². The summed E-state index contributed by atoms with van der Waals surface area (Å²) in [4.78, 5) is 15.6. The van der Waals surface area contributed by atoms with Gasteiger partial charge in [-0.2, -0.15) is 0 Å². The second kappa shape index (κ2) is 16.8. The van der Waals surface area contributed by atoms with Crippen LogP contribution in [0.2, 0.25) is 0 Å². The van der Waals surface area contributed by atoms with E-state index in [1.54, 1.807) is 13.8 Å². The van der Waals surface area contributed by atoms with Crippen LogP contribution in [0, 0.1) is 57.7 Å². The molecule has 0 aromatic heterocycles. The number of hydrogen-bond acceptors (Lipinski definition) is 13. The Morgan fingerprint density at radius 3 is 2.50 bits per heavy atom. The molecule has 12 N–H and O–H groups in total. The van der Waals surface area contributed by atoms with Gasteiger partial charge in [0, 0.05) is 53.8 Å². The van der Waals surface area contributed by atoms with Gasteiger partial charge in [-0.15, -0.1) is 0 Å². The maximum atomic E-state index is 15.6. The summed E-state index contributed by atoms with van der Waals surface area (Å²) >= 11 is 0. The number of ether oxygens (including phenoxy) is 1. The number of aliphatic hydroxyl groups is 7. The Hall–Kier alpha value is -2.17. The molecule has 6 fully saturated rings. The Labute approximate surface area is 380 Å². The van der Waals surface area contributed by atoms with Gasteiger partial charge < -0.3 is 62.2 Å². The number of carbonyl (C=O) groups excluding carboxylic acids is 1. The third-order valence-corrected chi connectivity index (χ3v) is 19.5. The molecule has 0 aromatic rings. The third kappa shape index (κ3) is 6.93. The molecule has 2 aliphatic heterocycles. The van der Waals surface area contributed by atoms with Gasteiger partial charge in [-0.1, -0.05) is 51.3 Å². The Kier molecular flexibility index (Phi) is 12.3. The van der Waals surface area contributed by atoms with Gasteiger partial charge in [-0.05, 0) is 138 Å². The molecule has 7 aliphatic carbocycles. The van der Waals surface area contributed by atoms with Crippen LogP contribution >= 0.6 is 0 Å². The van der Waals surface area contributed by atoms with E-state index in [-0.39, 0.29) is 73.7 Å². The average Bonchev–Trinajstić information content (AvgIpc) is 3.56. The number of aliphatic hydroxyl groups excluding tert-OH is 4. The van der Waals surface area contributed by atoms with Crippen LogP contribution in [-0.2, 0) is 9.53 Å². The molecule has 20 atom stereocenters. The summed E-state index contributed by atoms with van der Waals surface area (Å²) in [5, 5.41) is 97.2. The van der Waals surface area contributed by atoms with Crippen LogP contribution < -0.4 is 21.7 Å². The van der Waals surface area contributed by atoms with Crippen molar-refractivity contribution in [3.8, 4) is 0 Å². The SMILES string of the molecule is CCC[C@H]1CC[C@H]2[C@H]3[C@@H](O[C@@H]2CC1)[C@@](O)([C@](C)(O)[C@H]1CC[C@@]2(O)C4=C(NC[C@H](C)O)C(=O)[C@@H]5C[C@@H](O)[C@@H](O)C[C@@]56C[C@H](C5=CNC(N)C=C5)C=C[C@@](CNC)(C[C@]12C)[C@@H]46)CCC[C@@H]3O. The van der Waals surface area contributed by atoms with Crippen LogP contribution in [0.5, 0.6) is 0 Å². The summed E-state index contributed by atoms with van der Waals surface area (Å²) in [6, 6.07) is 0. The van der Waals surface area contributed by atoms with Crippen molar-refractivity contribution in [3.05, 3.63) is 47.3 Å². The van der Waals surface area contributed by atoms with Gasteiger partial charge >= 0.3 is 0 Å². The number of nitrogens with one attached hydrogen (secondary N) is 3. The Balaban J connectivity index is 1.20. The summed E-state index contributed by atoms with van der Waals surface area (Å²) in [6.07, 6.45) is 14.5. The van der Waals surface area contributed by atoms with Crippen LogP contribution in [-0.4, -0.2) is 121 Å². The minimum atomic E-state index is -1.81. The Bertz CT molecular complexity index is 1920. The Morgan fingerprint density at radius 2 is 1.80 bits per heavy atom. The van der Waals surface area contributed by atoms with Crippen molar-refractivity contribution in [1.29, 1.82) is 0 Å². The predicted molar refractivity (Wildman–Crippen MR) is 243 cm³/mol. The highest BCUT2D eigenvalue weighted by molar-refractivity contribution is 6.00. The standard InChI is InChI=1S/C51H80N4O9/c1-6-8-29-10-13-32-37(14-11-29)64-45-40(32)34(57)9-7-18-51(45,63)47(4,61)38-17-20-50(62)41-42(55-24-28(2)56)43(60)33-21-35(58)36(59)23-49(33)22-30(31-12-15-39(52)54-25-31)16-19-48(27-53-5,44(41)49)26-46(38,50)3/h12,15-16,19,25,28-30,32-40,44-45,53-59,61-63H,6-11,13-14,17-18,20-24,26-27,52H2,1-5H3/t28-,29-,30+,32+,33-,34-,35+,36-,37+,38-,39?,40+,44+,45+,46+,47+,48-,49-,50+,51+/m0/s1. The minimum Gasteiger partial charge on any atom is -0.393 e. The zero-order valence-electron chi connectivity index (χ0n) is 39.0. The molecule has 0 aromatic carbocycles. The molecule has 1 unspecified atom stereocenters. The minimum absolute atomic E-state index is 0.0553. The summed E-state index contributed by atoms with van der Waals surface area (Å²) in [5.41, 5.74) is -0.0573. The summed E-state index contributed by atoms with van der Waals surface area (Å²) in [6.45, 7) is 8.17. The lowest BCUT2D eigenvalue weighted by atomic mass is 9.37. The number of fused-ring (bicyclic) bond motifs is 5. The van der Waals surface area contributed by atoms with E-state index in [1.165, 1.54) is 6.42 Å². The van der Waals surface area contributed by atoms with Gasteiger partial charge in [-0.3, -0.25) is 4.79 Å². The maximum Gasteiger partial charge on any atom is 0.182 e. The molecule has 1 saturated heterocycles. The van der Waals surface area contributed by atoms with Crippen LogP contribution in [0.3, 0.4) is 0 Å². The number of allylic oxidation sites excluding steroid dienone is 4. The van der Waals surface area contributed by atoms with Crippen molar-refractivity contribution < 1.29 is 45.3 Å². The molecule has 0 radical (unpaired) electrons. The third-order valence-electron chi connectivity index (χ3n) is 19.5. The van der Waals surface area contributed by atoms with Crippen LogP contribution in [0.15, 0.2) is 47.3 Å². The lowest BCUT2D eigenvalue weighted by molar-refractivity contribution is -0.258. The van der Waals surface area contributed by atoms with Crippen LogP contribution in [0.1, 0.15) is 124 Å². The van der Waals surface area contributed by atoms with Gasteiger partial charge in [0.2, 0.25) is 0 Å². The molecule has 358 valence electrons. The molecule has 13 nitrogen and oxygen atoms in total. The summed E-state index contributed by atoms with van der Waals surface area (Å²) < 4.78 is 7.04. The first-order chi connectivity index (χ1) is 30.3. The van der Waals surface area contributed by atoms with E-state index in [4.69, 9.17) is 10.5 Å². The van der Waals surface area contributed by atoms with E-state index in [0.29, 0.717) is 50.1 Å². The normalized spacial score (nSPS) is 50.0. The first-order valence-electron chi connectivity index (χ1n) is 25.1. The predicted octanol–water partition coefficient (Wildman–Crippen LogP) is 3.21. The number of ketones is 1. The summed E-state index contributed by atoms with van der Waals surface area (Å²) in [5.74, 6) is -1.97. The fourth-order valence-corrected chi connectivity index (χ4v) is 16.8. The topological polar surface area (TPSA) is 230 Å². The molecular formula is C51H80N4O9. The zero-order chi connectivity index (χ0) is 45.8. The number of Topliss-reactive ketones (excluding diaryl/α,β-unsaturated/α-hetero) is 1. The van der Waals surface area contributed by atoms with Crippen molar-refractivity contribution in [1.82, 2.24) is 16.0 Å². The molecule has 0 amide bonds. The zero-order valence-corrected chi connectivity index (χ0v) is 39.0. The average molecular weight is 893 g/mol. The lowest BCUT2D eigenvalue weighted by Crippen LogP contribution is -2.72. The number of hydrogen-bond donors (Lipinski definition) is 11. The number of rotatable bonds is 10. The van der Waals surface area contributed by atoms with E-state index in [2.05, 4.69) is 35.0 Å². The van der Waals surface area contributed by atoms with Gasteiger partial charge in [0.05, 0.1) is 59.7 Å². The van der Waals surface area contributed by atoms with Crippen molar-refractivity contribution >= 4 is 5.78 Å². The first kappa shape index (κ1) is 46.9. The smallest absolute Gasteiger partial charge is 0.182 e. The molecule has 0 bridgehead atoms. The van der Waals surface area contributed by atoms with E-state index < -0.39 is 81.3 Å². The number of dihydropyridines is 1. The van der Waals surface area contributed by atoms with Gasteiger partial charge in [0.25, 0.3) is 0 Å². The second-order valence-electron chi connectivity index (χ2n) is 23.0. The molecule has 9 rings (SSSR count). The van der Waals surface area contributed by atoms with E-state index in [1.807, 2.05) is 32.3 Å². The quantitative estimate of drug-likeness (QED) is 0.142. The summed E-state index contributed by atoms with van der Waals surface area (Å²) in [7, 11) is 1.91. The van der Waals surface area contributed by atoms with Crippen molar-refractivity contribution in [2.75, 3.05) is 20.1 Å². The molecule has 64 heavy (non-hydrogen) atoms. The van der Waals surface area contributed by atoms with Crippen molar-refractivity contribution in [2.24, 2.45) is 63.4 Å². The first-order valence-corrected chi connectivity index (χ1v) is 25.1. The molecular weight excluding hydrogens is 813 g/mol. The van der Waals surface area contributed by atoms with Crippen molar-refractivity contribution in [3.63, 3.8) is 0 Å². The Morgan fingerprint density at radius 1 is 1.03 bits per heavy atom. The second-order valence-corrected chi connectivity index (χ2v) is 23.0. The molecule has 5 saturated carbocycles. The fraction of sp³-hybridized carbons (Fsp3) is 0.824. The largest absolute Gasteiger partial charge is 0.393 e. The van der Waals surface area contributed by atoms with E-state index >= 15 is 4.79 Å². The lowest BCUT2D eigenvalue weighted by Gasteiger charge is -2.68. The number of carbonyl (C=O) groups is 1. The molecule has 13 heteroatoms. The van der Waals surface area contributed by atoms with Crippen LogP contribution in [0.25, 0.3) is 0 Å².